The molecule has 8 nitrogen and oxygen atoms in total. The number of anilines is 1. The molecule has 1 aromatic carbocycles. The van der Waals surface area contributed by atoms with Gasteiger partial charge in [0.1, 0.15) is 16.8 Å². The summed E-state index contributed by atoms with van der Waals surface area (Å²) in [6, 6.07) is 5.86. The predicted molar refractivity (Wildman–Crippen MR) is 137 cm³/mol. The van der Waals surface area contributed by atoms with Crippen LogP contribution < -0.4 is 10.0 Å². The number of aromatic nitrogens is 1. The number of benzene rings is 1. The molecule has 3 rings (SSSR count). The van der Waals surface area contributed by atoms with Crippen molar-refractivity contribution in [2.45, 2.75) is 63.3 Å². The third-order valence-electron chi connectivity index (χ3n) is 6.47. The number of carbonyl (C=O) groups is 2. The SMILES string of the molecule is [CH2]CC[C@H](NS(=O)(=O)c1cc(F)cc(-c2ccccn2)c1NC(=O)CC)C(=O)N1CCC(CC)CC1. The van der Waals surface area contributed by atoms with Crippen LogP contribution in [0.1, 0.15) is 52.4 Å². The quantitative estimate of drug-likeness (QED) is 0.492. The number of hydrogen-bond acceptors (Lipinski definition) is 5. The van der Waals surface area contributed by atoms with E-state index in [9.17, 15) is 22.4 Å². The second kappa shape index (κ2) is 12.4. The van der Waals surface area contributed by atoms with E-state index in [-0.39, 0.29) is 30.0 Å². The molecule has 195 valence electrons. The summed E-state index contributed by atoms with van der Waals surface area (Å²) in [5.41, 5.74) is 0.336. The Morgan fingerprint density at radius 1 is 1.22 bits per heavy atom. The van der Waals surface area contributed by atoms with E-state index in [1.165, 1.54) is 6.20 Å². The van der Waals surface area contributed by atoms with Gasteiger partial charge >= 0.3 is 0 Å². The van der Waals surface area contributed by atoms with Gasteiger partial charge in [0, 0.05) is 31.3 Å². The van der Waals surface area contributed by atoms with E-state index in [2.05, 4.69) is 28.9 Å². The Morgan fingerprint density at radius 3 is 2.53 bits per heavy atom. The van der Waals surface area contributed by atoms with Gasteiger partial charge < -0.3 is 10.2 Å². The molecule has 0 saturated carbocycles. The summed E-state index contributed by atoms with van der Waals surface area (Å²) in [6.07, 6.45) is 4.87. The first-order valence-corrected chi connectivity index (χ1v) is 13.8. The van der Waals surface area contributed by atoms with Crippen LogP contribution in [0.25, 0.3) is 11.3 Å². The van der Waals surface area contributed by atoms with Crippen molar-refractivity contribution >= 4 is 27.5 Å². The second-order valence-corrected chi connectivity index (χ2v) is 10.6. The predicted octanol–water partition coefficient (Wildman–Crippen LogP) is 4.15. The minimum absolute atomic E-state index is 0.0842. The number of pyridine rings is 1. The summed E-state index contributed by atoms with van der Waals surface area (Å²) in [6.45, 7) is 8.66. The molecule has 2 heterocycles. The molecule has 1 fully saturated rings. The molecule has 1 saturated heterocycles. The first kappa shape index (κ1) is 27.7. The summed E-state index contributed by atoms with van der Waals surface area (Å²) in [5, 5.41) is 2.60. The van der Waals surface area contributed by atoms with Crippen molar-refractivity contribution in [1.29, 1.82) is 0 Å². The monoisotopic (exact) mass is 517 g/mol. The molecular formula is C26H34FN4O4S. The maximum atomic E-state index is 14.7. The number of rotatable bonds is 10. The number of nitrogens with zero attached hydrogens (tertiary/aromatic N) is 2. The normalized spacial score (nSPS) is 15.5. The standard InChI is InChI=1S/C26H34FN4O4S/c1-4-9-22(26(33)31-14-11-18(5-2)12-15-31)30-36(34,35)23-17-19(27)16-20(21-10-7-8-13-28-21)25(23)29-24(32)6-3/h7-8,10,13,16-18,22,30H,1,4-6,9,11-12,14-15H2,2-3H3,(H,29,32)/t22-/m0/s1. The molecule has 1 aliphatic rings. The molecule has 1 aromatic heterocycles. The first-order chi connectivity index (χ1) is 17.2. The molecule has 0 bridgehead atoms. The zero-order chi connectivity index (χ0) is 26.3. The molecule has 0 unspecified atom stereocenters. The van der Waals surface area contributed by atoms with Gasteiger partial charge in [-0.2, -0.15) is 4.72 Å². The zero-order valence-corrected chi connectivity index (χ0v) is 21.6. The average Bonchev–Trinajstić information content (AvgIpc) is 2.89. The highest BCUT2D eigenvalue weighted by atomic mass is 32.2. The number of likely N-dealkylation sites (tertiary alicyclic amines) is 1. The van der Waals surface area contributed by atoms with E-state index in [0.717, 1.165) is 31.4 Å². The molecular weight excluding hydrogens is 483 g/mol. The molecule has 36 heavy (non-hydrogen) atoms. The van der Waals surface area contributed by atoms with Crippen LogP contribution >= 0.6 is 0 Å². The fourth-order valence-corrected chi connectivity index (χ4v) is 5.76. The summed E-state index contributed by atoms with van der Waals surface area (Å²) in [4.78, 5) is 31.0. The fourth-order valence-electron chi connectivity index (χ4n) is 4.34. The van der Waals surface area contributed by atoms with Crippen LogP contribution in [-0.2, 0) is 19.6 Å². The van der Waals surface area contributed by atoms with Gasteiger partial charge in [-0.05, 0) is 49.4 Å². The lowest BCUT2D eigenvalue weighted by Crippen LogP contribution is -2.50. The third-order valence-corrected chi connectivity index (χ3v) is 7.97. The van der Waals surface area contributed by atoms with Gasteiger partial charge in [0.15, 0.2) is 0 Å². The highest BCUT2D eigenvalue weighted by molar-refractivity contribution is 7.89. The highest BCUT2D eigenvalue weighted by Crippen LogP contribution is 2.34. The number of piperidine rings is 1. The largest absolute Gasteiger partial charge is 0.341 e. The van der Waals surface area contributed by atoms with E-state index in [1.54, 1.807) is 30.0 Å². The van der Waals surface area contributed by atoms with E-state index >= 15 is 0 Å². The summed E-state index contributed by atoms with van der Waals surface area (Å²) < 4.78 is 44.4. The lowest BCUT2D eigenvalue weighted by atomic mass is 9.94. The van der Waals surface area contributed by atoms with Gasteiger partial charge in [0.25, 0.3) is 0 Å². The van der Waals surface area contributed by atoms with Gasteiger partial charge in [-0.3, -0.25) is 14.6 Å². The molecule has 1 atom stereocenters. The molecule has 0 aliphatic carbocycles. The Kier molecular flexibility index (Phi) is 9.56. The van der Waals surface area contributed by atoms with Crippen molar-refractivity contribution in [3.05, 3.63) is 49.3 Å². The van der Waals surface area contributed by atoms with Gasteiger partial charge in [0.2, 0.25) is 21.8 Å². The third kappa shape index (κ3) is 6.67. The van der Waals surface area contributed by atoms with E-state index in [0.29, 0.717) is 31.1 Å². The maximum Gasteiger partial charge on any atom is 0.243 e. The van der Waals surface area contributed by atoms with Crippen LogP contribution in [0.15, 0.2) is 41.4 Å². The second-order valence-electron chi connectivity index (χ2n) is 8.94. The van der Waals surface area contributed by atoms with E-state index < -0.39 is 32.7 Å². The summed E-state index contributed by atoms with van der Waals surface area (Å²) >= 11 is 0. The average molecular weight is 518 g/mol. The van der Waals surface area contributed by atoms with E-state index in [4.69, 9.17) is 0 Å². The van der Waals surface area contributed by atoms with Crippen molar-refractivity contribution in [1.82, 2.24) is 14.6 Å². The van der Waals surface area contributed by atoms with Gasteiger partial charge in [0.05, 0.1) is 11.4 Å². The van der Waals surface area contributed by atoms with E-state index in [1.807, 2.05) is 0 Å². The first-order valence-electron chi connectivity index (χ1n) is 12.3. The van der Waals surface area contributed by atoms with Crippen molar-refractivity contribution < 1.29 is 22.4 Å². The number of sulfonamides is 1. The number of nitrogens with one attached hydrogen (secondary N) is 2. The van der Waals surface area contributed by atoms with Crippen LogP contribution in [0.3, 0.4) is 0 Å². The summed E-state index contributed by atoms with van der Waals surface area (Å²) in [7, 11) is -4.43. The van der Waals surface area contributed by atoms with Gasteiger partial charge in [-0.1, -0.05) is 39.7 Å². The minimum atomic E-state index is -4.43. The van der Waals surface area contributed by atoms with Crippen LogP contribution in [0.4, 0.5) is 10.1 Å². The topological polar surface area (TPSA) is 108 Å². The fraction of sp³-hybridized carbons (Fsp3) is 0.462. The van der Waals surface area contributed by atoms with Crippen molar-refractivity contribution in [2.75, 3.05) is 18.4 Å². The van der Waals surface area contributed by atoms with Gasteiger partial charge in [-0.25, -0.2) is 12.8 Å². The number of amides is 2. The minimum Gasteiger partial charge on any atom is -0.341 e. The number of carbonyl (C=O) groups excluding carboxylic acids is 2. The Morgan fingerprint density at radius 2 is 1.94 bits per heavy atom. The Balaban J connectivity index is 2.00. The van der Waals surface area contributed by atoms with Crippen molar-refractivity contribution in [3.8, 4) is 11.3 Å². The van der Waals surface area contributed by atoms with Crippen LogP contribution in [0.5, 0.6) is 0 Å². The molecule has 1 aliphatic heterocycles. The molecule has 2 amide bonds. The Bertz CT molecular complexity index is 1170. The lowest BCUT2D eigenvalue weighted by Gasteiger charge is -2.34. The van der Waals surface area contributed by atoms with Gasteiger partial charge in [-0.15, -0.1) is 0 Å². The molecule has 10 heteroatoms. The zero-order valence-electron chi connectivity index (χ0n) is 20.8. The van der Waals surface area contributed by atoms with Crippen LogP contribution in [-0.4, -0.2) is 49.2 Å². The molecule has 0 spiro atoms. The molecule has 1 radical (unpaired) electrons. The summed E-state index contributed by atoms with van der Waals surface area (Å²) in [5.74, 6) is -1.03. The Hall–Kier alpha value is -2.85. The Labute approximate surface area is 212 Å². The van der Waals surface area contributed by atoms with Crippen LogP contribution in [0, 0.1) is 18.7 Å². The molecule has 2 N–H and O–H groups in total. The molecule has 2 aromatic rings. The van der Waals surface area contributed by atoms with Crippen molar-refractivity contribution in [2.24, 2.45) is 5.92 Å². The number of halogens is 1. The highest BCUT2D eigenvalue weighted by Gasteiger charge is 2.33. The lowest BCUT2D eigenvalue weighted by molar-refractivity contribution is -0.134. The number of hydrogen-bond donors (Lipinski definition) is 2. The maximum absolute atomic E-state index is 14.7. The van der Waals surface area contributed by atoms with Crippen molar-refractivity contribution in [3.63, 3.8) is 0 Å². The van der Waals surface area contributed by atoms with Crippen LogP contribution in [0.2, 0.25) is 0 Å². The smallest absolute Gasteiger partial charge is 0.243 e.